The molecule has 2 heterocycles. The van der Waals surface area contributed by atoms with Crippen LogP contribution in [-0.2, 0) is 0 Å². The maximum absolute atomic E-state index is 13.9. The molecule has 1 amide bonds. The van der Waals surface area contributed by atoms with Crippen molar-refractivity contribution in [3.8, 4) is 0 Å². The van der Waals surface area contributed by atoms with E-state index in [4.69, 9.17) is 11.6 Å². The highest BCUT2D eigenvalue weighted by Gasteiger charge is 2.25. The van der Waals surface area contributed by atoms with E-state index < -0.39 is 11.7 Å². The van der Waals surface area contributed by atoms with Gasteiger partial charge in [0, 0.05) is 10.9 Å². The van der Waals surface area contributed by atoms with Gasteiger partial charge in [0.2, 0.25) is 0 Å². The van der Waals surface area contributed by atoms with Crippen LogP contribution in [0.25, 0.3) is 0 Å². The van der Waals surface area contributed by atoms with Crippen LogP contribution in [0.15, 0.2) is 36.4 Å². The van der Waals surface area contributed by atoms with Gasteiger partial charge in [-0.3, -0.25) is 9.59 Å². The molecule has 1 fully saturated rings. The largest absolute Gasteiger partial charge is 0.306 e. The maximum Gasteiger partial charge on any atom is 0.259 e. The Morgan fingerprint density at radius 3 is 2.65 bits per heavy atom. The number of nitrogens with one attached hydrogen (secondary N) is 1. The highest BCUT2D eigenvalue weighted by molar-refractivity contribution is 6.30. The van der Waals surface area contributed by atoms with Crippen LogP contribution < -0.4 is 5.32 Å². The molecule has 1 aliphatic heterocycles. The molecule has 1 aliphatic rings. The zero-order valence-corrected chi connectivity index (χ0v) is 15.1. The highest BCUT2D eigenvalue weighted by atomic mass is 35.5. The van der Waals surface area contributed by atoms with Gasteiger partial charge in [0.1, 0.15) is 17.3 Å². The second kappa shape index (κ2) is 7.93. The predicted molar refractivity (Wildman–Crippen MR) is 98.2 cm³/mol. The van der Waals surface area contributed by atoms with Crippen molar-refractivity contribution in [1.29, 1.82) is 0 Å². The number of carbonyl (C=O) groups excluding carboxylic acids is 2. The number of carbonyl (C=O) groups is 2. The number of piperidine rings is 1. The number of aromatic nitrogens is 1. The number of amides is 1. The summed E-state index contributed by atoms with van der Waals surface area (Å²) in [5, 5.41) is 2.74. The number of nitrogens with zero attached hydrogens (tertiary/aromatic N) is 2. The normalized spacial score (nSPS) is 15.7. The van der Waals surface area contributed by atoms with E-state index in [1.165, 1.54) is 12.1 Å². The summed E-state index contributed by atoms with van der Waals surface area (Å²) in [5.41, 5.74) is 0.178. The fraction of sp³-hybridized carbons (Fsp3) is 0.316. The Balaban J connectivity index is 1.73. The zero-order valence-electron chi connectivity index (χ0n) is 14.3. The molecule has 136 valence electrons. The van der Waals surface area contributed by atoms with E-state index in [9.17, 15) is 14.0 Å². The lowest BCUT2D eigenvalue weighted by atomic mass is 9.91. The van der Waals surface area contributed by atoms with Crippen LogP contribution in [0, 0.1) is 11.7 Å². The van der Waals surface area contributed by atoms with E-state index in [0.29, 0.717) is 5.69 Å². The molecule has 1 saturated heterocycles. The molecule has 26 heavy (non-hydrogen) atoms. The summed E-state index contributed by atoms with van der Waals surface area (Å²) in [5.74, 6) is -1.22. The van der Waals surface area contributed by atoms with E-state index in [0.717, 1.165) is 32.0 Å². The molecule has 0 radical (unpaired) electrons. The standard InChI is InChI=1S/C19H19ClFN3O2/c1-24-9-7-12(8-10-24)18(25)16-3-2-4-17(22-16)23-19(26)14-6-5-13(20)11-15(14)21/h2-6,11-12H,7-10H2,1H3,(H,22,23,26). The smallest absolute Gasteiger partial charge is 0.259 e. The summed E-state index contributed by atoms with van der Waals surface area (Å²) < 4.78 is 13.9. The molecule has 5 nitrogen and oxygen atoms in total. The van der Waals surface area contributed by atoms with E-state index in [2.05, 4.69) is 15.2 Å². The first-order chi connectivity index (χ1) is 12.4. The molecular formula is C19H19ClFN3O2. The van der Waals surface area contributed by atoms with Gasteiger partial charge in [-0.1, -0.05) is 17.7 Å². The van der Waals surface area contributed by atoms with Crippen LogP contribution in [0.4, 0.5) is 10.2 Å². The van der Waals surface area contributed by atoms with Crippen molar-refractivity contribution in [2.45, 2.75) is 12.8 Å². The molecule has 2 aromatic rings. The molecular weight excluding hydrogens is 357 g/mol. The third-order valence-electron chi connectivity index (χ3n) is 4.51. The predicted octanol–water partition coefficient (Wildman–Crippen LogP) is 3.65. The number of halogens is 2. The minimum absolute atomic E-state index is 0.0214. The first-order valence-corrected chi connectivity index (χ1v) is 8.78. The van der Waals surface area contributed by atoms with Crippen LogP contribution in [0.3, 0.4) is 0 Å². The molecule has 3 rings (SSSR count). The average Bonchev–Trinajstić information content (AvgIpc) is 2.62. The van der Waals surface area contributed by atoms with Crippen LogP contribution in [0.1, 0.15) is 33.7 Å². The molecule has 0 unspecified atom stereocenters. The number of hydrogen-bond donors (Lipinski definition) is 1. The summed E-state index contributed by atoms with van der Waals surface area (Å²) >= 11 is 5.70. The highest BCUT2D eigenvalue weighted by Crippen LogP contribution is 2.21. The van der Waals surface area contributed by atoms with Crippen LogP contribution >= 0.6 is 11.6 Å². The van der Waals surface area contributed by atoms with E-state index >= 15 is 0 Å². The minimum Gasteiger partial charge on any atom is -0.306 e. The molecule has 1 aromatic carbocycles. The molecule has 1 aromatic heterocycles. The molecule has 0 saturated carbocycles. The van der Waals surface area contributed by atoms with Gasteiger partial charge in [-0.2, -0.15) is 0 Å². The van der Waals surface area contributed by atoms with Gasteiger partial charge in [-0.05, 0) is 63.3 Å². The molecule has 0 bridgehead atoms. The third-order valence-corrected chi connectivity index (χ3v) is 4.74. The third kappa shape index (κ3) is 4.26. The molecule has 0 atom stereocenters. The number of likely N-dealkylation sites (tertiary alicyclic amines) is 1. The van der Waals surface area contributed by atoms with Gasteiger partial charge in [0.15, 0.2) is 5.78 Å². The first-order valence-electron chi connectivity index (χ1n) is 8.40. The van der Waals surface area contributed by atoms with Gasteiger partial charge in [0.05, 0.1) is 5.56 Å². The van der Waals surface area contributed by atoms with Crippen molar-refractivity contribution in [2.24, 2.45) is 5.92 Å². The van der Waals surface area contributed by atoms with Crippen LogP contribution in [0.5, 0.6) is 0 Å². The quantitative estimate of drug-likeness (QED) is 0.828. The molecule has 0 aliphatic carbocycles. The average molecular weight is 376 g/mol. The first kappa shape index (κ1) is 18.5. The van der Waals surface area contributed by atoms with Gasteiger partial charge < -0.3 is 10.2 Å². The van der Waals surface area contributed by atoms with Crippen molar-refractivity contribution >= 4 is 29.1 Å². The molecule has 0 spiro atoms. The van der Waals surface area contributed by atoms with Crippen molar-refractivity contribution in [3.05, 3.63) is 58.5 Å². The van der Waals surface area contributed by atoms with Gasteiger partial charge in [-0.25, -0.2) is 9.37 Å². The zero-order chi connectivity index (χ0) is 18.7. The lowest BCUT2D eigenvalue weighted by Crippen LogP contribution is -2.33. The Bertz CT molecular complexity index is 835. The number of anilines is 1. The SMILES string of the molecule is CN1CCC(C(=O)c2cccc(NC(=O)c3ccc(Cl)cc3F)n2)CC1. The number of ketones is 1. The van der Waals surface area contributed by atoms with Crippen molar-refractivity contribution < 1.29 is 14.0 Å². The fourth-order valence-electron chi connectivity index (χ4n) is 2.98. The number of Topliss-reactive ketones (excluding diaryl/α,β-unsaturated/α-hetero) is 1. The van der Waals surface area contributed by atoms with Gasteiger partial charge in [0.25, 0.3) is 5.91 Å². The lowest BCUT2D eigenvalue weighted by molar-refractivity contribution is 0.0851. The van der Waals surface area contributed by atoms with Crippen molar-refractivity contribution in [2.75, 3.05) is 25.5 Å². The summed E-state index contributed by atoms with van der Waals surface area (Å²) in [6.07, 6.45) is 1.59. The Morgan fingerprint density at radius 1 is 1.23 bits per heavy atom. The number of pyridine rings is 1. The monoisotopic (exact) mass is 375 g/mol. The maximum atomic E-state index is 13.9. The summed E-state index contributed by atoms with van der Waals surface area (Å²) in [6.45, 7) is 1.76. The Hall–Kier alpha value is -2.31. The van der Waals surface area contributed by atoms with Crippen molar-refractivity contribution in [1.82, 2.24) is 9.88 Å². The van der Waals surface area contributed by atoms with Crippen LogP contribution in [0.2, 0.25) is 5.02 Å². The van der Waals surface area contributed by atoms with Crippen LogP contribution in [-0.4, -0.2) is 41.7 Å². The molecule has 1 N–H and O–H groups in total. The topological polar surface area (TPSA) is 62.3 Å². The second-order valence-corrected chi connectivity index (χ2v) is 6.86. The van der Waals surface area contributed by atoms with E-state index in [1.807, 2.05) is 7.05 Å². The van der Waals surface area contributed by atoms with Crippen molar-refractivity contribution in [3.63, 3.8) is 0 Å². The minimum atomic E-state index is -0.714. The van der Waals surface area contributed by atoms with Gasteiger partial charge in [-0.15, -0.1) is 0 Å². The lowest BCUT2D eigenvalue weighted by Gasteiger charge is -2.27. The Morgan fingerprint density at radius 2 is 1.96 bits per heavy atom. The summed E-state index contributed by atoms with van der Waals surface area (Å²) in [4.78, 5) is 31.3. The summed E-state index contributed by atoms with van der Waals surface area (Å²) in [6, 6.07) is 8.68. The number of rotatable bonds is 4. The summed E-state index contributed by atoms with van der Waals surface area (Å²) in [7, 11) is 2.03. The number of hydrogen-bond acceptors (Lipinski definition) is 4. The van der Waals surface area contributed by atoms with E-state index in [1.54, 1.807) is 18.2 Å². The Labute approximate surface area is 156 Å². The van der Waals surface area contributed by atoms with Gasteiger partial charge >= 0.3 is 0 Å². The second-order valence-electron chi connectivity index (χ2n) is 6.43. The molecule has 7 heteroatoms. The Kier molecular flexibility index (Phi) is 5.64. The fourth-order valence-corrected chi connectivity index (χ4v) is 3.14. The van der Waals surface area contributed by atoms with E-state index in [-0.39, 0.29) is 28.1 Å². The number of benzene rings is 1.